The van der Waals surface area contributed by atoms with E-state index in [0.717, 1.165) is 11.4 Å². The number of hydrogen-bond acceptors (Lipinski definition) is 4. The van der Waals surface area contributed by atoms with Crippen molar-refractivity contribution in [2.45, 2.75) is 19.0 Å². The molecular formula is C22H20ClFN4O2S. The van der Waals surface area contributed by atoms with Crippen LogP contribution < -0.4 is 5.32 Å². The summed E-state index contributed by atoms with van der Waals surface area (Å²) in [6.07, 6.45) is 3.57. The smallest absolute Gasteiger partial charge is 0.325 e. The van der Waals surface area contributed by atoms with Gasteiger partial charge in [0.05, 0.1) is 29.4 Å². The molecule has 2 atom stereocenters. The molecule has 0 unspecified atom stereocenters. The Bertz CT molecular complexity index is 1110. The second kappa shape index (κ2) is 9.03. The number of benzene rings is 1. The molecule has 0 bridgehead atoms. The van der Waals surface area contributed by atoms with Gasteiger partial charge in [0.1, 0.15) is 12.4 Å². The third-order valence-electron chi connectivity index (χ3n) is 5.07. The summed E-state index contributed by atoms with van der Waals surface area (Å²) in [5, 5.41) is 3.75. The fraction of sp³-hybridized carbons (Fsp3) is 0.227. The zero-order valence-corrected chi connectivity index (χ0v) is 18.2. The number of thiocarbonyl (C=S) groups is 1. The third-order valence-corrected chi connectivity index (χ3v) is 5.71. The average Bonchev–Trinajstić information content (AvgIpc) is 3.36. The topological polar surface area (TPSA) is 59.4 Å². The lowest BCUT2D eigenvalue weighted by molar-refractivity contribution is -0.143. The van der Waals surface area contributed by atoms with E-state index in [9.17, 15) is 9.18 Å². The van der Waals surface area contributed by atoms with Crippen molar-refractivity contribution in [1.82, 2.24) is 19.8 Å². The standard InChI is InChI=1S/C22H20ClFN4O2S/c1-2-30-19(29)13-28-21(20(26-22(28)31)17-6-3-4-10-25-17)18-7-5-11-27(18)14-8-9-16(24)15(23)12-14/h3-12,20-21H,2,13H2,1H3,(H,26,31)/t20-,21-/m1/s1. The van der Waals surface area contributed by atoms with Gasteiger partial charge in [-0.3, -0.25) is 9.78 Å². The summed E-state index contributed by atoms with van der Waals surface area (Å²) < 4.78 is 20.8. The highest BCUT2D eigenvalue weighted by Gasteiger charge is 2.42. The van der Waals surface area contributed by atoms with Gasteiger partial charge in [0.25, 0.3) is 0 Å². The van der Waals surface area contributed by atoms with Gasteiger partial charge in [0, 0.05) is 23.8 Å². The molecule has 4 rings (SSSR count). The number of rotatable bonds is 6. The van der Waals surface area contributed by atoms with Crippen molar-refractivity contribution in [3.05, 3.63) is 83.2 Å². The Balaban J connectivity index is 1.79. The quantitative estimate of drug-likeness (QED) is 0.441. The average molecular weight is 459 g/mol. The van der Waals surface area contributed by atoms with Gasteiger partial charge < -0.3 is 19.5 Å². The Hall–Kier alpha value is -2.97. The minimum Gasteiger partial charge on any atom is -0.465 e. The summed E-state index contributed by atoms with van der Waals surface area (Å²) in [7, 11) is 0. The molecule has 1 aliphatic heterocycles. The summed E-state index contributed by atoms with van der Waals surface area (Å²) in [6, 6.07) is 13.3. The zero-order chi connectivity index (χ0) is 22.0. The highest BCUT2D eigenvalue weighted by Crippen LogP contribution is 2.39. The van der Waals surface area contributed by atoms with E-state index in [1.54, 1.807) is 30.2 Å². The predicted octanol–water partition coefficient (Wildman–Crippen LogP) is 4.20. The highest BCUT2D eigenvalue weighted by atomic mass is 35.5. The molecule has 160 valence electrons. The molecule has 0 aliphatic carbocycles. The van der Waals surface area contributed by atoms with E-state index in [4.69, 9.17) is 28.6 Å². The minimum atomic E-state index is -0.488. The van der Waals surface area contributed by atoms with Crippen LogP contribution in [0.5, 0.6) is 0 Å². The Kier molecular flexibility index (Phi) is 6.20. The van der Waals surface area contributed by atoms with Crippen LogP contribution in [0.2, 0.25) is 5.02 Å². The molecule has 1 aromatic carbocycles. The molecule has 1 aliphatic rings. The van der Waals surface area contributed by atoms with Crippen LogP contribution in [0.25, 0.3) is 5.69 Å². The molecule has 0 saturated carbocycles. The van der Waals surface area contributed by atoms with Crippen LogP contribution in [-0.4, -0.2) is 38.7 Å². The van der Waals surface area contributed by atoms with Gasteiger partial charge in [-0.15, -0.1) is 0 Å². The molecule has 0 spiro atoms. The number of nitrogens with one attached hydrogen (secondary N) is 1. The maximum atomic E-state index is 13.7. The van der Waals surface area contributed by atoms with Crippen LogP contribution in [0.4, 0.5) is 4.39 Å². The lowest BCUT2D eigenvalue weighted by Crippen LogP contribution is -2.36. The first-order valence-electron chi connectivity index (χ1n) is 9.76. The molecule has 1 fully saturated rings. The molecule has 1 saturated heterocycles. The van der Waals surface area contributed by atoms with E-state index in [0.29, 0.717) is 10.8 Å². The second-order valence-corrected chi connectivity index (χ2v) is 7.75. The summed E-state index contributed by atoms with van der Waals surface area (Å²) in [4.78, 5) is 18.6. The monoisotopic (exact) mass is 458 g/mol. The Morgan fingerprint density at radius 1 is 1.29 bits per heavy atom. The summed E-state index contributed by atoms with van der Waals surface area (Å²) in [5.74, 6) is -0.862. The van der Waals surface area contributed by atoms with Crippen LogP contribution in [0, 0.1) is 5.82 Å². The number of ether oxygens (including phenoxy) is 1. The Morgan fingerprint density at radius 3 is 2.84 bits per heavy atom. The predicted molar refractivity (Wildman–Crippen MR) is 120 cm³/mol. The summed E-state index contributed by atoms with van der Waals surface area (Å²) >= 11 is 11.6. The third kappa shape index (κ3) is 4.26. The number of esters is 1. The van der Waals surface area contributed by atoms with Gasteiger partial charge in [-0.2, -0.15) is 0 Å². The Morgan fingerprint density at radius 2 is 2.13 bits per heavy atom. The van der Waals surface area contributed by atoms with Crippen LogP contribution in [0.3, 0.4) is 0 Å². The fourth-order valence-electron chi connectivity index (χ4n) is 3.75. The van der Waals surface area contributed by atoms with Crippen molar-refractivity contribution in [2.24, 2.45) is 0 Å². The molecule has 3 heterocycles. The van der Waals surface area contributed by atoms with Crippen molar-refractivity contribution in [3.63, 3.8) is 0 Å². The number of aromatic nitrogens is 2. The Labute approximate surface area is 189 Å². The van der Waals surface area contributed by atoms with Gasteiger partial charge in [-0.25, -0.2) is 4.39 Å². The van der Waals surface area contributed by atoms with E-state index in [-0.39, 0.29) is 36.2 Å². The molecule has 3 aromatic rings. The number of carbonyl (C=O) groups is 1. The number of pyridine rings is 1. The molecule has 2 aromatic heterocycles. The fourth-order valence-corrected chi connectivity index (χ4v) is 4.23. The highest BCUT2D eigenvalue weighted by molar-refractivity contribution is 7.80. The van der Waals surface area contributed by atoms with Crippen molar-refractivity contribution >= 4 is 34.9 Å². The van der Waals surface area contributed by atoms with E-state index in [1.165, 1.54) is 6.07 Å². The second-order valence-electron chi connectivity index (χ2n) is 6.96. The molecule has 0 radical (unpaired) electrons. The number of halogens is 2. The summed E-state index contributed by atoms with van der Waals surface area (Å²) in [6.45, 7) is 2.03. The van der Waals surface area contributed by atoms with Gasteiger partial charge in [-0.1, -0.05) is 17.7 Å². The largest absolute Gasteiger partial charge is 0.465 e. The first-order chi connectivity index (χ1) is 15.0. The van der Waals surface area contributed by atoms with E-state index < -0.39 is 5.82 Å². The van der Waals surface area contributed by atoms with Gasteiger partial charge in [-0.05, 0) is 61.6 Å². The number of hydrogen-bond donors (Lipinski definition) is 1. The molecule has 0 amide bonds. The van der Waals surface area contributed by atoms with Crippen LogP contribution in [0.1, 0.15) is 30.4 Å². The van der Waals surface area contributed by atoms with E-state index in [1.807, 2.05) is 41.1 Å². The van der Waals surface area contributed by atoms with Crippen molar-refractivity contribution in [2.75, 3.05) is 13.2 Å². The normalized spacial score (nSPS) is 18.2. The SMILES string of the molecule is CCOC(=O)CN1C(=S)N[C@H](c2ccccn2)[C@H]1c1cccn1-c1ccc(F)c(Cl)c1. The van der Waals surface area contributed by atoms with Gasteiger partial charge in [0.15, 0.2) is 5.11 Å². The van der Waals surface area contributed by atoms with Crippen molar-refractivity contribution in [1.29, 1.82) is 0 Å². The van der Waals surface area contributed by atoms with E-state index >= 15 is 0 Å². The molecule has 9 heteroatoms. The maximum Gasteiger partial charge on any atom is 0.325 e. The lowest BCUT2D eigenvalue weighted by atomic mass is 10.0. The van der Waals surface area contributed by atoms with Crippen LogP contribution in [0.15, 0.2) is 60.9 Å². The lowest BCUT2D eigenvalue weighted by Gasteiger charge is -2.28. The number of carbonyl (C=O) groups excluding carboxylic acids is 1. The van der Waals surface area contributed by atoms with Crippen molar-refractivity contribution in [3.8, 4) is 5.69 Å². The number of nitrogens with zero attached hydrogens (tertiary/aromatic N) is 3. The summed E-state index contributed by atoms with van der Waals surface area (Å²) in [5.41, 5.74) is 2.32. The van der Waals surface area contributed by atoms with Gasteiger partial charge >= 0.3 is 5.97 Å². The first-order valence-corrected chi connectivity index (χ1v) is 10.5. The van der Waals surface area contributed by atoms with Crippen LogP contribution >= 0.6 is 23.8 Å². The van der Waals surface area contributed by atoms with Crippen molar-refractivity contribution < 1.29 is 13.9 Å². The molecule has 1 N–H and O–H groups in total. The minimum absolute atomic E-state index is 0.0109. The first kappa shape index (κ1) is 21.3. The molecule has 31 heavy (non-hydrogen) atoms. The van der Waals surface area contributed by atoms with Crippen LogP contribution in [-0.2, 0) is 9.53 Å². The molecular weight excluding hydrogens is 439 g/mol. The molecule has 6 nitrogen and oxygen atoms in total. The van der Waals surface area contributed by atoms with E-state index in [2.05, 4.69) is 10.3 Å². The van der Waals surface area contributed by atoms with Gasteiger partial charge in [0.2, 0.25) is 0 Å². The zero-order valence-electron chi connectivity index (χ0n) is 16.7. The maximum absolute atomic E-state index is 13.7.